The molecule has 0 aliphatic heterocycles. The molecule has 1 heterocycles. The van der Waals surface area contributed by atoms with E-state index in [4.69, 9.17) is 10.5 Å². The summed E-state index contributed by atoms with van der Waals surface area (Å²) in [6, 6.07) is 6.69. The van der Waals surface area contributed by atoms with Gasteiger partial charge in [-0.1, -0.05) is 0 Å². The van der Waals surface area contributed by atoms with Crippen LogP contribution in [-0.2, 0) is 4.74 Å². The number of ether oxygens (including phenoxy) is 1. The molecule has 4 nitrogen and oxygen atoms in total. The quantitative estimate of drug-likeness (QED) is 0.853. The average molecular weight is 343 g/mol. The Labute approximate surface area is 113 Å². The maximum Gasteiger partial charge on any atom is 0.201 e. The maximum atomic E-state index is 6.01. The zero-order valence-electron chi connectivity index (χ0n) is 9.56. The summed E-state index contributed by atoms with van der Waals surface area (Å²) in [5, 5.41) is 0. The van der Waals surface area contributed by atoms with E-state index in [9.17, 15) is 0 Å². The predicted molar refractivity (Wildman–Crippen MR) is 75.9 cm³/mol. The standard InChI is InChI=1S/C12H14IN3O/c1-17-9-5-8(6-9)16-11-3-2-7(13)4-10(11)15-12(16)14/h2-4,8-9H,5-6H2,1H3,(H2,14,15). The molecule has 1 fully saturated rings. The van der Waals surface area contributed by atoms with Crippen molar-refractivity contribution in [2.45, 2.75) is 25.0 Å². The largest absolute Gasteiger partial charge is 0.381 e. The van der Waals surface area contributed by atoms with Crippen molar-refractivity contribution >= 4 is 39.6 Å². The Morgan fingerprint density at radius 3 is 2.94 bits per heavy atom. The molecule has 5 heteroatoms. The van der Waals surface area contributed by atoms with Crippen molar-refractivity contribution in [3.05, 3.63) is 21.8 Å². The molecule has 3 rings (SSSR count). The van der Waals surface area contributed by atoms with Gasteiger partial charge < -0.3 is 15.0 Å². The van der Waals surface area contributed by atoms with Crippen LogP contribution in [0.15, 0.2) is 18.2 Å². The van der Waals surface area contributed by atoms with Crippen molar-refractivity contribution in [3.8, 4) is 0 Å². The smallest absolute Gasteiger partial charge is 0.201 e. The summed E-state index contributed by atoms with van der Waals surface area (Å²) in [4.78, 5) is 4.42. The molecule has 90 valence electrons. The topological polar surface area (TPSA) is 53.1 Å². The molecule has 1 aromatic heterocycles. The van der Waals surface area contributed by atoms with E-state index in [0.717, 1.165) is 23.9 Å². The number of nitrogen functional groups attached to an aromatic ring is 1. The number of benzene rings is 1. The Hall–Kier alpha value is -0.820. The van der Waals surface area contributed by atoms with Gasteiger partial charge in [0.15, 0.2) is 0 Å². The lowest BCUT2D eigenvalue weighted by Gasteiger charge is -2.35. The van der Waals surface area contributed by atoms with Crippen LogP contribution in [0, 0.1) is 3.57 Å². The van der Waals surface area contributed by atoms with Crippen molar-refractivity contribution in [2.24, 2.45) is 0 Å². The Morgan fingerprint density at radius 2 is 2.24 bits per heavy atom. The number of hydrogen-bond donors (Lipinski definition) is 1. The first kappa shape index (κ1) is 11.3. The van der Waals surface area contributed by atoms with Gasteiger partial charge in [-0.2, -0.15) is 0 Å². The number of halogens is 1. The summed E-state index contributed by atoms with van der Waals surface area (Å²) in [7, 11) is 1.76. The van der Waals surface area contributed by atoms with E-state index in [0.29, 0.717) is 18.1 Å². The highest BCUT2D eigenvalue weighted by molar-refractivity contribution is 14.1. The van der Waals surface area contributed by atoms with E-state index in [2.05, 4.69) is 50.3 Å². The second kappa shape index (κ2) is 4.13. The number of rotatable bonds is 2. The Balaban J connectivity index is 2.02. The molecule has 2 N–H and O–H groups in total. The molecular weight excluding hydrogens is 329 g/mol. The third-order valence-electron chi connectivity index (χ3n) is 3.45. The molecule has 0 spiro atoms. The normalized spacial score (nSPS) is 23.9. The molecule has 0 amide bonds. The van der Waals surface area contributed by atoms with Crippen LogP contribution in [0.3, 0.4) is 0 Å². The highest BCUT2D eigenvalue weighted by Crippen LogP contribution is 2.38. The van der Waals surface area contributed by atoms with Crippen LogP contribution in [-0.4, -0.2) is 22.8 Å². The van der Waals surface area contributed by atoms with Gasteiger partial charge in [-0.3, -0.25) is 0 Å². The molecule has 0 bridgehead atoms. The molecule has 2 aromatic rings. The van der Waals surface area contributed by atoms with E-state index in [1.807, 2.05) is 0 Å². The van der Waals surface area contributed by atoms with Crippen LogP contribution in [0.5, 0.6) is 0 Å². The third-order valence-corrected chi connectivity index (χ3v) is 4.12. The number of methoxy groups -OCH3 is 1. The van der Waals surface area contributed by atoms with Gasteiger partial charge >= 0.3 is 0 Å². The van der Waals surface area contributed by atoms with Crippen LogP contribution in [0.2, 0.25) is 0 Å². The predicted octanol–water partition coefficient (Wildman–Crippen LogP) is 2.57. The molecule has 1 aliphatic rings. The first-order valence-corrected chi connectivity index (χ1v) is 6.72. The molecule has 0 atom stereocenters. The number of imidazole rings is 1. The number of hydrogen-bond acceptors (Lipinski definition) is 3. The third kappa shape index (κ3) is 1.81. The Kier molecular flexibility index (Phi) is 2.74. The summed E-state index contributed by atoms with van der Waals surface area (Å²) >= 11 is 2.29. The lowest BCUT2D eigenvalue weighted by Crippen LogP contribution is -2.32. The highest BCUT2D eigenvalue weighted by Gasteiger charge is 2.32. The maximum absolute atomic E-state index is 6.01. The Morgan fingerprint density at radius 1 is 1.47 bits per heavy atom. The SMILES string of the molecule is COC1CC(n2c(N)nc3cc(I)ccc32)C1. The van der Waals surface area contributed by atoms with Crippen LogP contribution in [0.1, 0.15) is 18.9 Å². The van der Waals surface area contributed by atoms with Gasteiger partial charge in [0.05, 0.1) is 17.1 Å². The molecular formula is C12H14IN3O. The van der Waals surface area contributed by atoms with Crippen molar-refractivity contribution in [1.29, 1.82) is 0 Å². The number of fused-ring (bicyclic) bond motifs is 1. The molecule has 0 radical (unpaired) electrons. The highest BCUT2D eigenvalue weighted by atomic mass is 127. The zero-order valence-corrected chi connectivity index (χ0v) is 11.7. The zero-order chi connectivity index (χ0) is 12.0. The number of aromatic nitrogens is 2. The van der Waals surface area contributed by atoms with Gasteiger partial charge in [-0.25, -0.2) is 4.98 Å². The number of nitrogens with two attached hydrogens (primary N) is 1. The summed E-state index contributed by atoms with van der Waals surface area (Å²) in [6.07, 6.45) is 2.43. The van der Waals surface area contributed by atoms with Gasteiger partial charge in [0.25, 0.3) is 0 Å². The summed E-state index contributed by atoms with van der Waals surface area (Å²) < 4.78 is 8.63. The van der Waals surface area contributed by atoms with E-state index in [1.165, 1.54) is 3.57 Å². The lowest BCUT2D eigenvalue weighted by molar-refractivity contribution is 0.00798. The summed E-state index contributed by atoms with van der Waals surface area (Å²) in [5.74, 6) is 0.613. The van der Waals surface area contributed by atoms with Crippen LogP contribution in [0.4, 0.5) is 5.95 Å². The minimum absolute atomic E-state index is 0.376. The van der Waals surface area contributed by atoms with E-state index >= 15 is 0 Å². The summed E-state index contributed by atoms with van der Waals surface area (Å²) in [6.45, 7) is 0. The van der Waals surface area contributed by atoms with Crippen molar-refractivity contribution in [2.75, 3.05) is 12.8 Å². The Bertz CT molecular complexity index is 560. The fourth-order valence-electron chi connectivity index (χ4n) is 2.42. The van der Waals surface area contributed by atoms with Gasteiger partial charge in [-0.05, 0) is 53.6 Å². The van der Waals surface area contributed by atoms with Crippen molar-refractivity contribution in [3.63, 3.8) is 0 Å². The van der Waals surface area contributed by atoms with Crippen molar-refractivity contribution < 1.29 is 4.74 Å². The van der Waals surface area contributed by atoms with Crippen LogP contribution in [0.25, 0.3) is 11.0 Å². The fourth-order valence-corrected chi connectivity index (χ4v) is 2.89. The van der Waals surface area contributed by atoms with Gasteiger partial charge in [0.2, 0.25) is 5.95 Å². The molecule has 1 saturated carbocycles. The van der Waals surface area contributed by atoms with E-state index in [1.54, 1.807) is 7.11 Å². The molecule has 1 aromatic carbocycles. The average Bonchev–Trinajstić information content (AvgIpc) is 2.53. The second-order valence-electron chi connectivity index (χ2n) is 4.46. The van der Waals surface area contributed by atoms with E-state index in [-0.39, 0.29) is 0 Å². The number of anilines is 1. The fraction of sp³-hybridized carbons (Fsp3) is 0.417. The number of nitrogens with zero attached hydrogens (tertiary/aromatic N) is 2. The monoisotopic (exact) mass is 343 g/mol. The minimum Gasteiger partial charge on any atom is -0.381 e. The first-order valence-electron chi connectivity index (χ1n) is 5.65. The minimum atomic E-state index is 0.376. The summed E-state index contributed by atoms with van der Waals surface area (Å²) in [5.41, 5.74) is 8.12. The van der Waals surface area contributed by atoms with Crippen LogP contribution >= 0.6 is 22.6 Å². The molecule has 0 saturated heterocycles. The second-order valence-corrected chi connectivity index (χ2v) is 5.70. The molecule has 1 aliphatic carbocycles. The first-order chi connectivity index (χ1) is 8.19. The van der Waals surface area contributed by atoms with Gasteiger partial charge in [0.1, 0.15) is 0 Å². The van der Waals surface area contributed by atoms with Gasteiger partial charge in [-0.15, -0.1) is 0 Å². The lowest BCUT2D eigenvalue weighted by atomic mass is 9.89. The van der Waals surface area contributed by atoms with E-state index < -0.39 is 0 Å². The van der Waals surface area contributed by atoms with Crippen LogP contribution < -0.4 is 5.73 Å². The van der Waals surface area contributed by atoms with Crippen molar-refractivity contribution in [1.82, 2.24) is 9.55 Å². The molecule has 0 unspecified atom stereocenters. The van der Waals surface area contributed by atoms with Gasteiger partial charge in [0, 0.05) is 16.7 Å². The molecule has 17 heavy (non-hydrogen) atoms.